The molecule has 0 spiro atoms. The fraction of sp³-hybridized carbons (Fsp3) is 0.515. The fourth-order valence-corrected chi connectivity index (χ4v) is 7.77. The lowest BCUT2D eigenvalue weighted by Gasteiger charge is -2.33. The highest BCUT2D eigenvalue weighted by Gasteiger charge is 2.24. The standard InChI is InChI=1S/C33H42FN9OS/c1-21-23(3-4-29-27(21)16-25(19-35)43(29)14-13-41-9-5-22(6-10-41)15-30(36)44)20-42-11-7-24(8-12-42)38-31-28-17-26(18-34)45-32(28)40-33(37-2)39-31/h3-4,16-17,22,24H,5-15,18,20H2,1-2H3,(H2,36,44)(H2,37,38,39,40). The largest absolute Gasteiger partial charge is 0.370 e. The van der Waals surface area contributed by atoms with E-state index in [1.165, 1.54) is 22.5 Å². The minimum absolute atomic E-state index is 0.209. The number of carbonyl (C=O) groups excluding carboxylic acids is 1. The molecule has 12 heteroatoms. The summed E-state index contributed by atoms with van der Waals surface area (Å²) in [6, 6.07) is 11.0. The second kappa shape index (κ2) is 13.7. The second-order valence-corrected chi connectivity index (χ2v) is 13.6. The number of alkyl halides is 1. The summed E-state index contributed by atoms with van der Waals surface area (Å²) in [7, 11) is 1.79. The number of likely N-dealkylation sites (tertiary alicyclic amines) is 2. The van der Waals surface area contributed by atoms with Gasteiger partial charge in [-0.2, -0.15) is 10.2 Å². The van der Waals surface area contributed by atoms with E-state index in [2.05, 4.69) is 60.1 Å². The number of halogens is 1. The molecule has 45 heavy (non-hydrogen) atoms. The Balaban J connectivity index is 1.07. The van der Waals surface area contributed by atoms with Gasteiger partial charge in [-0.3, -0.25) is 9.69 Å². The van der Waals surface area contributed by atoms with E-state index in [1.54, 1.807) is 7.05 Å². The van der Waals surface area contributed by atoms with E-state index in [1.807, 2.05) is 12.1 Å². The molecule has 0 radical (unpaired) electrons. The van der Waals surface area contributed by atoms with Crippen LogP contribution in [0.2, 0.25) is 0 Å². The van der Waals surface area contributed by atoms with Gasteiger partial charge in [-0.25, -0.2) is 9.37 Å². The minimum Gasteiger partial charge on any atom is -0.370 e. The number of aromatic nitrogens is 3. The van der Waals surface area contributed by atoms with Gasteiger partial charge in [0.25, 0.3) is 0 Å². The number of benzene rings is 1. The highest BCUT2D eigenvalue weighted by Crippen LogP contribution is 2.32. The maximum Gasteiger partial charge on any atom is 0.225 e. The lowest BCUT2D eigenvalue weighted by Crippen LogP contribution is -2.39. The molecule has 0 bridgehead atoms. The Hall–Kier alpha value is -3.79. The number of primary amides is 1. The van der Waals surface area contributed by atoms with Crippen LogP contribution >= 0.6 is 11.3 Å². The van der Waals surface area contributed by atoms with Crippen LogP contribution in [0.3, 0.4) is 0 Å². The van der Waals surface area contributed by atoms with E-state index >= 15 is 0 Å². The van der Waals surface area contributed by atoms with E-state index in [0.717, 1.165) is 98.4 Å². The zero-order valence-corrected chi connectivity index (χ0v) is 26.9. The first-order chi connectivity index (χ1) is 21.8. The van der Waals surface area contributed by atoms with Crippen LogP contribution in [0.25, 0.3) is 21.1 Å². The van der Waals surface area contributed by atoms with E-state index in [0.29, 0.717) is 28.9 Å². The summed E-state index contributed by atoms with van der Waals surface area (Å²) < 4.78 is 15.5. The summed E-state index contributed by atoms with van der Waals surface area (Å²) in [4.78, 5) is 26.8. The highest BCUT2D eigenvalue weighted by atomic mass is 32.1. The van der Waals surface area contributed by atoms with Crippen LogP contribution in [-0.2, 0) is 24.6 Å². The van der Waals surface area contributed by atoms with Gasteiger partial charge in [0.05, 0.1) is 5.39 Å². The third-order valence-electron chi connectivity index (χ3n) is 9.54. The number of aryl methyl sites for hydroxylation is 1. The molecule has 1 aromatic carbocycles. The van der Waals surface area contributed by atoms with Crippen LogP contribution in [-0.4, -0.2) is 76.1 Å². The van der Waals surface area contributed by atoms with E-state index < -0.39 is 6.67 Å². The zero-order valence-electron chi connectivity index (χ0n) is 26.1. The summed E-state index contributed by atoms with van der Waals surface area (Å²) in [5, 5.41) is 18.6. The molecule has 0 aliphatic carbocycles. The molecule has 10 nitrogen and oxygen atoms in total. The number of nitrogens with two attached hydrogens (primary N) is 1. The molecule has 5 heterocycles. The van der Waals surface area contributed by atoms with Crippen LogP contribution in [0.5, 0.6) is 0 Å². The third kappa shape index (κ3) is 6.90. The van der Waals surface area contributed by atoms with Gasteiger partial charge in [0, 0.05) is 68.0 Å². The number of fused-ring (bicyclic) bond motifs is 2. The number of anilines is 2. The van der Waals surface area contributed by atoms with Crippen molar-refractivity contribution in [2.24, 2.45) is 11.7 Å². The molecule has 6 rings (SSSR count). The van der Waals surface area contributed by atoms with Crippen molar-refractivity contribution in [3.8, 4) is 6.07 Å². The van der Waals surface area contributed by atoms with Crippen molar-refractivity contribution in [3.05, 3.63) is 46.0 Å². The summed E-state index contributed by atoms with van der Waals surface area (Å²) in [6.07, 6.45) is 4.43. The number of piperidine rings is 2. The number of carbonyl (C=O) groups is 1. The molecular weight excluding hydrogens is 589 g/mol. The Labute approximate surface area is 267 Å². The predicted octanol–water partition coefficient (Wildman–Crippen LogP) is 5.00. The molecule has 2 saturated heterocycles. The third-order valence-corrected chi connectivity index (χ3v) is 10.5. The van der Waals surface area contributed by atoms with Gasteiger partial charge >= 0.3 is 0 Å². The topological polar surface area (TPSA) is 128 Å². The van der Waals surface area contributed by atoms with Crippen molar-refractivity contribution < 1.29 is 9.18 Å². The molecule has 2 aliphatic heterocycles. The monoisotopic (exact) mass is 631 g/mol. The van der Waals surface area contributed by atoms with Crippen molar-refractivity contribution in [2.45, 2.75) is 64.8 Å². The van der Waals surface area contributed by atoms with Crippen LogP contribution in [0.15, 0.2) is 24.3 Å². The molecule has 0 unspecified atom stereocenters. The molecule has 4 aromatic rings. The Kier molecular flexibility index (Phi) is 9.49. The molecule has 1 amide bonds. The Morgan fingerprint density at radius 1 is 1.09 bits per heavy atom. The Morgan fingerprint density at radius 2 is 1.84 bits per heavy atom. The first-order valence-corrected chi connectivity index (χ1v) is 16.7. The van der Waals surface area contributed by atoms with Gasteiger partial charge in [0.2, 0.25) is 11.9 Å². The van der Waals surface area contributed by atoms with Gasteiger partial charge in [-0.15, -0.1) is 11.3 Å². The van der Waals surface area contributed by atoms with Crippen LogP contribution < -0.4 is 16.4 Å². The van der Waals surface area contributed by atoms with Gasteiger partial charge in [-0.1, -0.05) is 6.07 Å². The summed E-state index contributed by atoms with van der Waals surface area (Å²) in [5.74, 6) is 1.49. The average Bonchev–Trinajstić information content (AvgIpc) is 3.64. The van der Waals surface area contributed by atoms with Gasteiger partial charge in [0.15, 0.2) is 0 Å². The van der Waals surface area contributed by atoms with Gasteiger partial charge in [-0.05, 0) is 80.9 Å². The normalized spacial score (nSPS) is 17.2. The number of hydrogen-bond donors (Lipinski definition) is 3. The Bertz CT molecular complexity index is 1710. The predicted molar refractivity (Wildman–Crippen MR) is 178 cm³/mol. The summed E-state index contributed by atoms with van der Waals surface area (Å²) >= 11 is 1.37. The van der Waals surface area contributed by atoms with Crippen molar-refractivity contribution in [1.82, 2.24) is 24.3 Å². The summed E-state index contributed by atoms with van der Waals surface area (Å²) in [5.41, 5.74) is 9.73. The van der Waals surface area contributed by atoms with E-state index in [9.17, 15) is 14.4 Å². The highest BCUT2D eigenvalue weighted by molar-refractivity contribution is 7.18. The lowest BCUT2D eigenvalue weighted by molar-refractivity contribution is -0.119. The minimum atomic E-state index is -0.499. The van der Waals surface area contributed by atoms with Crippen LogP contribution in [0, 0.1) is 24.2 Å². The lowest BCUT2D eigenvalue weighted by atomic mass is 9.93. The van der Waals surface area contributed by atoms with Crippen LogP contribution in [0.1, 0.15) is 53.8 Å². The Morgan fingerprint density at radius 3 is 2.53 bits per heavy atom. The smallest absolute Gasteiger partial charge is 0.225 e. The fourth-order valence-electron chi connectivity index (χ4n) is 6.89. The number of nitrogens with one attached hydrogen (secondary N) is 2. The SMILES string of the molecule is CNc1nc(NC2CCN(Cc3ccc4c(cc(C#N)n4CCN4CCC(CC(N)=O)CC4)c3C)CC2)c2cc(CF)sc2n1. The van der Waals surface area contributed by atoms with Crippen molar-refractivity contribution in [3.63, 3.8) is 0 Å². The number of thiophene rings is 1. The average molecular weight is 632 g/mol. The number of hydrogen-bond acceptors (Lipinski definition) is 9. The molecule has 3 aromatic heterocycles. The maximum atomic E-state index is 13.3. The molecule has 2 aliphatic rings. The van der Waals surface area contributed by atoms with Gasteiger partial charge < -0.3 is 25.8 Å². The number of amides is 1. The van der Waals surface area contributed by atoms with E-state index in [-0.39, 0.29) is 11.9 Å². The number of rotatable bonds is 11. The second-order valence-electron chi connectivity index (χ2n) is 12.4. The van der Waals surface area contributed by atoms with E-state index in [4.69, 9.17) is 5.73 Å². The quantitative estimate of drug-likeness (QED) is 0.211. The molecule has 0 saturated carbocycles. The molecular formula is C33H42FN9OS. The number of nitriles is 1. The zero-order chi connectivity index (χ0) is 31.5. The first-order valence-electron chi connectivity index (χ1n) is 15.9. The van der Waals surface area contributed by atoms with Crippen molar-refractivity contribution in [2.75, 3.05) is 50.4 Å². The summed E-state index contributed by atoms with van der Waals surface area (Å²) in [6.45, 7) is 8.03. The van der Waals surface area contributed by atoms with Crippen molar-refractivity contribution >= 4 is 50.1 Å². The number of nitrogens with zero attached hydrogens (tertiary/aromatic N) is 6. The molecule has 238 valence electrons. The molecule has 4 N–H and O–H groups in total. The van der Waals surface area contributed by atoms with Gasteiger partial charge in [0.1, 0.15) is 29.1 Å². The maximum absolute atomic E-state index is 13.3. The van der Waals surface area contributed by atoms with Crippen LogP contribution in [0.4, 0.5) is 16.2 Å². The molecule has 2 fully saturated rings. The molecule has 0 atom stereocenters. The van der Waals surface area contributed by atoms with Crippen molar-refractivity contribution in [1.29, 1.82) is 5.26 Å². The first kappa shape index (κ1) is 31.2.